The average molecular weight is 326 g/mol. The van der Waals surface area contributed by atoms with Crippen LogP contribution in [0.25, 0.3) is 0 Å². The van der Waals surface area contributed by atoms with E-state index in [2.05, 4.69) is 4.18 Å². The fourth-order valence-corrected chi connectivity index (χ4v) is 2.99. The van der Waals surface area contributed by atoms with Gasteiger partial charge in [-0.15, -0.1) is 0 Å². The SMILES string of the molecule is CS(=O)(=O)OCCCc1ccc(OC(=O)C2CCCC2)cc1. The van der Waals surface area contributed by atoms with Gasteiger partial charge in [0.1, 0.15) is 5.75 Å². The van der Waals surface area contributed by atoms with Gasteiger partial charge in [0, 0.05) is 0 Å². The third-order valence-corrected chi connectivity index (χ3v) is 4.33. The Morgan fingerprint density at radius 2 is 1.82 bits per heavy atom. The predicted molar refractivity (Wildman–Crippen MR) is 83.2 cm³/mol. The van der Waals surface area contributed by atoms with Crippen LogP contribution in [-0.4, -0.2) is 27.2 Å². The maximum atomic E-state index is 11.9. The Labute approximate surface area is 131 Å². The fraction of sp³-hybridized carbons (Fsp3) is 0.562. The number of aryl methyl sites for hydroxylation is 1. The van der Waals surface area contributed by atoms with Gasteiger partial charge >= 0.3 is 5.97 Å². The highest BCUT2D eigenvalue weighted by molar-refractivity contribution is 7.85. The maximum absolute atomic E-state index is 11.9. The number of hydrogen-bond acceptors (Lipinski definition) is 5. The van der Waals surface area contributed by atoms with Crippen LogP contribution in [0.3, 0.4) is 0 Å². The van der Waals surface area contributed by atoms with Crippen molar-refractivity contribution in [3.8, 4) is 5.75 Å². The van der Waals surface area contributed by atoms with E-state index in [1.807, 2.05) is 12.1 Å². The summed E-state index contributed by atoms with van der Waals surface area (Å²) in [7, 11) is -3.36. The molecule has 1 aliphatic carbocycles. The molecule has 2 rings (SSSR count). The van der Waals surface area contributed by atoms with E-state index in [1.165, 1.54) is 0 Å². The molecule has 0 aliphatic heterocycles. The monoisotopic (exact) mass is 326 g/mol. The van der Waals surface area contributed by atoms with Crippen LogP contribution >= 0.6 is 0 Å². The highest BCUT2D eigenvalue weighted by Gasteiger charge is 2.24. The Balaban J connectivity index is 1.76. The topological polar surface area (TPSA) is 69.7 Å². The zero-order valence-electron chi connectivity index (χ0n) is 12.8. The van der Waals surface area contributed by atoms with E-state index in [4.69, 9.17) is 4.74 Å². The van der Waals surface area contributed by atoms with Crippen molar-refractivity contribution >= 4 is 16.1 Å². The molecule has 0 aromatic heterocycles. The second-order valence-electron chi connectivity index (χ2n) is 5.68. The summed E-state index contributed by atoms with van der Waals surface area (Å²) >= 11 is 0. The highest BCUT2D eigenvalue weighted by Crippen LogP contribution is 2.26. The first-order chi connectivity index (χ1) is 10.4. The molecule has 122 valence electrons. The molecule has 1 fully saturated rings. The highest BCUT2D eigenvalue weighted by atomic mass is 32.2. The van der Waals surface area contributed by atoms with Gasteiger partial charge in [-0.3, -0.25) is 8.98 Å². The molecule has 0 bridgehead atoms. The molecule has 1 aromatic rings. The normalized spacial score (nSPS) is 15.9. The van der Waals surface area contributed by atoms with Crippen LogP contribution in [0.5, 0.6) is 5.75 Å². The number of ether oxygens (including phenoxy) is 1. The molecule has 0 amide bonds. The molecule has 6 heteroatoms. The van der Waals surface area contributed by atoms with Crippen molar-refractivity contribution in [1.82, 2.24) is 0 Å². The van der Waals surface area contributed by atoms with E-state index >= 15 is 0 Å². The van der Waals surface area contributed by atoms with Crippen LogP contribution in [0, 0.1) is 5.92 Å². The number of carbonyl (C=O) groups excluding carboxylic acids is 1. The van der Waals surface area contributed by atoms with Gasteiger partial charge in [0.15, 0.2) is 0 Å². The van der Waals surface area contributed by atoms with E-state index in [0.29, 0.717) is 18.6 Å². The fourth-order valence-electron chi connectivity index (χ4n) is 2.57. The molecule has 0 saturated heterocycles. The van der Waals surface area contributed by atoms with Gasteiger partial charge in [-0.1, -0.05) is 25.0 Å². The van der Waals surface area contributed by atoms with Gasteiger partial charge in [-0.05, 0) is 43.4 Å². The van der Waals surface area contributed by atoms with Crippen LogP contribution in [-0.2, 0) is 25.5 Å². The van der Waals surface area contributed by atoms with Gasteiger partial charge < -0.3 is 4.74 Å². The lowest BCUT2D eigenvalue weighted by Crippen LogP contribution is -2.17. The lowest BCUT2D eigenvalue weighted by molar-refractivity contribution is -0.138. The van der Waals surface area contributed by atoms with E-state index < -0.39 is 10.1 Å². The van der Waals surface area contributed by atoms with Crippen LogP contribution in [0.1, 0.15) is 37.7 Å². The van der Waals surface area contributed by atoms with Crippen LogP contribution in [0.15, 0.2) is 24.3 Å². The molecule has 1 saturated carbocycles. The summed E-state index contributed by atoms with van der Waals surface area (Å²) in [5.41, 5.74) is 1.05. The molecule has 0 N–H and O–H groups in total. The van der Waals surface area contributed by atoms with E-state index in [9.17, 15) is 13.2 Å². The van der Waals surface area contributed by atoms with Crippen molar-refractivity contribution in [2.24, 2.45) is 5.92 Å². The number of carbonyl (C=O) groups is 1. The third kappa shape index (κ3) is 5.77. The van der Waals surface area contributed by atoms with E-state index in [-0.39, 0.29) is 18.5 Å². The Morgan fingerprint density at radius 1 is 1.18 bits per heavy atom. The molecule has 0 radical (unpaired) electrons. The lowest BCUT2D eigenvalue weighted by atomic mass is 10.1. The van der Waals surface area contributed by atoms with E-state index in [0.717, 1.165) is 37.5 Å². The zero-order valence-corrected chi connectivity index (χ0v) is 13.6. The summed E-state index contributed by atoms with van der Waals surface area (Å²) in [4.78, 5) is 11.9. The molecule has 0 atom stereocenters. The van der Waals surface area contributed by atoms with Crippen molar-refractivity contribution in [1.29, 1.82) is 0 Å². The van der Waals surface area contributed by atoms with Crippen molar-refractivity contribution in [3.05, 3.63) is 29.8 Å². The second kappa shape index (κ2) is 7.74. The first kappa shape index (κ1) is 17.0. The van der Waals surface area contributed by atoms with Crippen LogP contribution in [0.4, 0.5) is 0 Å². The molecule has 1 aliphatic rings. The summed E-state index contributed by atoms with van der Waals surface area (Å²) in [6, 6.07) is 7.33. The average Bonchev–Trinajstić information content (AvgIpc) is 2.98. The van der Waals surface area contributed by atoms with Gasteiger partial charge in [0.2, 0.25) is 0 Å². The molecular weight excluding hydrogens is 304 g/mol. The van der Waals surface area contributed by atoms with E-state index in [1.54, 1.807) is 12.1 Å². The third-order valence-electron chi connectivity index (χ3n) is 3.74. The zero-order chi connectivity index (χ0) is 16.0. The van der Waals surface area contributed by atoms with Crippen molar-refractivity contribution < 1.29 is 22.1 Å². The minimum absolute atomic E-state index is 0.0489. The Morgan fingerprint density at radius 3 is 2.41 bits per heavy atom. The van der Waals surface area contributed by atoms with Crippen molar-refractivity contribution in [2.75, 3.05) is 12.9 Å². The Kier molecular flexibility index (Phi) is 5.97. The molecule has 5 nitrogen and oxygen atoms in total. The molecule has 22 heavy (non-hydrogen) atoms. The standard InChI is InChI=1S/C16H22O5S/c1-22(18,19)20-12-4-5-13-8-10-15(11-9-13)21-16(17)14-6-2-3-7-14/h8-11,14H,2-7,12H2,1H3. The second-order valence-corrected chi connectivity index (χ2v) is 7.32. The molecule has 0 unspecified atom stereocenters. The Bertz CT molecular complexity index is 585. The first-order valence-corrected chi connectivity index (χ1v) is 9.41. The largest absolute Gasteiger partial charge is 0.426 e. The smallest absolute Gasteiger partial charge is 0.314 e. The van der Waals surface area contributed by atoms with Crippen molar-refractivity contribution in [3.63, 3.8) is 0 Å². The summed E-state index contributed by atoms with van der Waals surface area (Å²) < 4.78 is 31.7. The molecule has 0 heterocycles. The summed E-state index contributed by atoms with van der Waals surface area (Å²) in [6.07, 6.45) is 6.44. The summed E-state index contributed by atoms with van der Waals surface area (Å²) in [5, 5.41) is 0. The van der Waals surface area contributed by atoms with Crippen LogP contribution in [0.2, 0.25) is 0 Å². The molecule has 0 spiro atoms. The number of rotatable bonds is 7. The van der Waals surface area contributed by atoms with Gasteiger partial charge in [-0.2, -0.15) is 8.42 Å². The van der Waals surface area contributed by atoms with Crippen molar-refractivity contribution in [2.45, 2.75) is 38.5 Å². The summed E-state index contributed by atoms with van der Waals surface area (Å²) in [6.45, 7) is 0.178. The maximum Gasteiger partial charge on any atom is 0.314 e. The number of hydrogen-bond donors (Lipinski definition) is 0. The minimum atomic E-state index is -3.36. The lowest BCUT2D eigenvalue weighted by Gasteiger charge is -2.09. The van der Waals surface area contributed by atoms with Gasteiger partial charge in [-0.25, -0.2) is 0 Å². The Hall–Kier alpha value is -1.40. The number of esters is 1. The van der Waals surface area contributed by atoms with Crippen LogP contribution < -0.4 is 4.74 Å². The molecule has 1 aromatic carbocycles. The van der Waals surface area contributed by atoms with Gasteiger partial charge in [0.05, 0.1) is 18.8 Å². The molecular formula is C16H22O5S. The predicted octanol–water partition coefficient (Wildman–Crippen LogP) is 2.69. The quantitative estimate of drug-likeness (QED) is 0.333. The number of benzene rings is 1. The first-order valence-electron chi connectivity index (χ1n) is 7.59. The summed E-state index contributed by atoms with van der Waals surface area (Å²) in [5.74, 6) is 0.479. The minimum Gasteiger partial charge on any atom is -0.426 e. The van der Waals surface area contributed by atoms with Gasteiger partial charge in [0.25, 0.3) is 10.1 Å².